The van der Waals surface area contributed by atoms with Crippen LogP contribution in [0.3, 0.4) is 0 Å². The van der Waals surface area contributed by atoms with E-state index in [1.165, 1.54) is 38.5 Å². The quantitative estimate of drug-likeness (QED) is 0.525. The summed E-state index contributed by atoms with van der Waals surface area (Å²) in [6, 6.07) is 0. The van der Waals surface area contributed by atoms with Crippen LogP contribution in [0.25, 0.3) is 0 Å². The minimum Gasteiger partial charge on any atom is -0.252 e. The average molecular weight is 344 g/mol. The van der Waals surface area contributed by atoms with Crippen molar-refractivity contribution in [2.45, 2.75) is 59.3 Å². The van der Waals surface area contributed by atoms with E-state index in [0.29, 0.717) is 0 Å². The molecule has 132 valence electrons. The van der Waals surface area contributed by atoms with Gasteiger partial charge in [-0.1, -0.05) is 0 Å². The van der Waals surface area contributed by atoms with Crippen molar-refractivity contribution in [3.8, 4) is 0 Å². The van der Waals surface area contributed by atoms with E-state index in [4.69, 9.17) is 0 Å². The first kappa shape index (κ1) is 23.6. The third kappa shape index (κ3) is 15.0. The second-order valence-electron chi connectivity index (χ2n) is 5.86. The fourth-order valence-corrected chi connectivity index (χ4v) is 6.76. The first-order chi connectivity index (χ1) is 9.80. The Kier molecular flexibility index (Phi) is 15.6. The fourth-order valence-electron chi connectivity index (χ4n) is 2.25. The number of hydrogen-bond donors (Lipinski definition) is 0. The summed E-state index contributed by atoms with van der Waals surface area (Å²) in [4.78, 5) is 0. The zero-order valence-electron chi connectivity index (χ0n) is 14.9. The zero-order chi connectivity index (χ0) is 16.8. The Morgan fingerprint density at radius 2 is 1.05 bits per heavy atom. The predicted molar refractivity (Wildman–Crippen MR) is 96.5 cm³/mol. The van der Waals surface area contributed by atoms with Crippen molar-refractivity contribution in [3.05, 3.63) is 0 Å². The van der Waals surface area contributed by atoms with Gasteiger partial charge in [0.05, 0.1) is 14.2 Å². The van der Waals surface area contributed by atoms with Crippen LogP contribution in [0.2, 0.25) is 0 Å². The van der Waals surface area contributed by atoms with E-state index in [2.05, 4.69) is 35.8 Å². The summed E-state index contributed by atoms with van der Waals surface area (Å²) in [6.07, 6.45) is 13.4. The molecule has 0 saturated carbocycles. The summed E-state index contributed by atoms with van der Waals surface area (Å²) >= 11 is 0. The molecule has 4 nitrogen and oxygen atoms in total. The standard InChI is InChI=1S/C13H31P.C2H6O4S/c1-5-8-11-14(4,12-9-6-2)13-10-7-3;1-5-7(3,4)6-2/h14H,5-13H2,1-4H3;1-2H3. The topological polar surface area (TPSA) is 52.6 Å². The average Bonchev–Trinajstić information content (AvgIpc) is 2.50. The third-order valence-electron chi connectivity index (χ3n) is 3.81. The molecule has 0 fully saturated rings. The second-order valence-corrected chi connectivity index (χ2v) is 12.5. The van der Waals surface area contributed by atoms with Gasteiger partial charge in [-0.2, -0.15) is 8.42 Å². The van der Waals surface area contributed by atoms with Crippen molar-refractivity contribution in [1.29, 1.82) is 0 Å². The van der Waals surface area contributed by atoms with Crippen molar-refractivity contribution in [3.63, 3.8) is 0 Å². The third-order valence-corrected chi connectivity index (χ3v) is 9.31. The molecule has 0 aliphatic rings. The molecular weight excluding hydrogens is 307 g/mol. The van der Waals surface area contributed by atoms with Crippen molar-refractivity contribution in [2.24, 2.45) is 0 Å². The van der Waals surface area contributed by atoms with E-state index in [9.17, 15) is 8.42 Å². The zero-order valence-corrected chi connectivity index (χ0v) is 16.7. The van der Waals surface area contributed by atoms with Crippen LogP contribution in [0.5, 0.6) is 0 Å². The molecule has 6 heteroatoms. The van der Waals surface area contributed by atoms with Crippen LogP contribution in [-0.2, 0) is 18.8 Å². The molecule has 0 aliphatic heterocycles. The Morgan fingerprint density at radius 1 is 0.762 bits per heavy atom. The maximum Gasteiger partial charge on any atom is 0.399 e. The number of hydrogen-bond acceptors (Lipinski definition) is 4. The molecule has 0 aromatic heterocycles. The maximum absolute atomic E-state index is 9.92. The van der Waals surface area contributed by atoms with Crippen molar-refractivity contribution in [1.82, 2.24) is 0 Å². The van der Waals surface area contributed by atoms with Gasteiger partial charge in [0.2, 0.25) is 0 Å². The van der Waals surface area contributed by atoms with Crippen LogP contribution in [-0.4, -0.2) is 47.8 Å². The number of unbranched alkanes of at least 4 members (excludes halogenated alkanes) is 3. The van der Waals surface area contributed by atoms with Gasteiger partial charge < -0.3 is 0 Å². The van der Waals surface area contributed by atoms with E-state index in [1.807, 2.05) is 0 Å². The Hall–Kier alpha value is 0.300. The Morgan fingerprint density at radius 3 is 1.19 bits per heavy atom. The van der Waals surface area contributed by atoms with Gasteiger partial charge in [0, 0.05) is 0 Å². The smallest absolute Gasteiger partial charge is 0.252 e. The van der Waals surface area contributed by atoms with Crippen LogP contribution in [0, 0.1) is 0 Å². The molecule has 0 bridgehead atoms. The molecule has 0 unspecified atom stereocenters. The minimum atomic E-state index is -3.66. The molecule has 0 aromatic carbocycles. The van der Waals surface area contributed by atoms with Gasteiger partial charge in [-0.15, -0.1) is 0 Å². The largest absolute Gasteiger partial charge is 0.399 e. The van der Waals surface area contributed by atoms with Gasteiger partial charge in [0.1, 0.15) is 0 Å². The van der Waals surface area contributed by atoms with Gasteiger partial charge in [0.25, 0.3) is 0 Å². The molecular formula is C15H37O4PS. The van der Waals surface area contributed by atoms with E-state index >= 15 is 0 Å². The normalized spacial score (nSPS) is 12.7. The predicted octanol–water partition coefficient (Wildman–Crippen LogP) is 4.29. The molecule has 0 atom stereocenters. The Balaban J connectivity index is 0. The monoisotopic (exact) mass is 344 g/mol. The Labute approximate surface area is 133 Å². The van der Waals surface area contributed by atoms with Crippen LogP contribution in [0.4, 0.5) is 0 Å². The molecule has 0 radical (unpaired) electrons. The van der Waals surface area contributed by atoms with Gasteiger partial charge in [-0.05, 0) is 0 Å². The molecule has 0 aromatic rings. The maximum atomic E-state index is 9.92. The van der Waals surface area contributed by atoms with Crippen molar-refractivity contribution < 1.29 is 16.8 Å². The number of rotatable bonds is 11. The first-order valence-electron chi connectivity index (χ1n) is 8.17. The summed E-state index contributed by atoms with van der Waals surface area (Å²) < 4.78 is 27.5. The molecule has 0 N–H and O–H groups in total. The molecule has 0 saturated heterocycles. The van der Waals surface area contributed by atoms with Gasteiger partial charge in [0.15, 0.2) is 0 Å². The van der Waals surface area contributed by atoms with Crippen LogP contribution in [0.1, 0.15) is 59.3 Å². The van der Waals surface area contributed by atoms with Gasteiger partial charge in [-0.3, -0.25) is 8.37 Å². The summed E-state index contributed by atoms with van der Waals surface area (Å²) in [7, 11) is -2.42. The van der Waals surface area contributed by atoms with Gasteiger partial charge >= 0.3 is 102 Å². The molecule has 0 rings (SSSR count). The van der Waals surface area contributed by atoms with E-state index < -0.39 is 17.7 Å². The first-order valence-corrected chi connectivity index (χ1v) is 12.6. The minimum absolute atomic E-state index is 0.812. The fraction of sp³-hybridized carbons (Fsp3) is 1.00. The van der Waals surface area contributed by atoms with Crippen LogP contribution >= 0.6 is 7.26 Å². The second kappa shape index (κ2) is 13.9. The Bertz CT molecular complexity index is 286. The summed E-state index contributed by atoms with van der Waals surface area (Å²) in [5, 5.41) is 0. The molecule has 0 heterocycles. The van der Waals surface area contributed by atoms with E-state index in [-0.39, 0.29) is 0 Å². The molecule has 0 amide bonds. The van der Waals surface area contributed by atoms with Crippen molar-refractivity contribution >= 4 is 17.7 Å². The summed E-state index contributed by atoms with van der Waals surface area (Å²) in [6.45, 7) is 9.63. The van der Waals surface area contributed by atoms with Gasteiger partial charge in [-0.25, -0.2) is 0 Å². The molecule has 0 aliphatic carbocycles. The SMILES string of the molecule is CCCC[PH](C)(CCCC)CCCC.COS(=O)(=O)OC. The molecule has 21 heavy (non-hydrogen) atoms. The van der Waals surface area contributed by atoms with E-state index in [0.717, 1.165) is 14.2 Å². The summed E-state index contributed by atoms with van der Waals surface area (Å²) in [5.41, 5.74) is 0. The van der Waals surface area contributed by atoms with Crippen LogP contribution < -0.4 is 0 Å². The van der Waals surface area contributed by atoms with E-state index in [1.54, 1.807) is 18.5 Å². The molecule has 0 spiro atoms. The van der Waals surface area contributed by atoms with Crippen LogP contribution in [0.15, 0.2) is 0 Å². The van der Waals surface area contributed by atoms with Crippen molar-refractivity contribution in [2.75, 3.05) is 39.4 Å². The summed E-state index contributed by atoms with van der Waals surface area (Å²) in [5.74, 6) is 0.